The van der Waals surface area contributed by atoms with Gasteiger partial charge in [-0.1, -0.05) is 182 Å². The van der Waals surface area contributed by atoms with Crippen LogP contribution in [0.1, 0.15) is 150 Å². The number of para-hydroxylation sites is 1. The molecular weight excluding hydrogens is 1010 g/mol. The first-order valence-electron chi connectivity index (χ1n) is 26.3. The van der Waals surface area contributed by atoms with Crippen LogP contribution >= 0.6 is 0 Å². The minimum atomic E-state index is -2.17. The molecule has 2 aliphatic rings. The molecule has 6 aromatic carbocycles. The molecule has 1 N–H and O–H groups in total. The fraction of sp³-hybridized carbons (Fsp3) is 0.333. The molecule has 2 saturated carbocycles. The first-order valence-corrected chi connectivity index (χ1v) is 24.8. The van der Waals surface area contributed by atoms with Gasteiger partial charge in [0.1, 0.15) is 11.6 Å². The molecule has 68 heavy (non-hydrogen) atoms. The third kappa shape index (κ3) is 9.56. The molecule has 0 spiro atoms. The van der Waals surface area contributed by atoms with E-state index in [0.29, 0.717) is 23.1 Å². The number of aryl methyl sites for hydroxylation is 1. The van der Waals surface area contributed by atoms with Crippen LogP contribution in [0.5, 0.6) is 5.75 Å². The van der Waals surface area contributed by atoms with Crippen LogP contribution in [-0.4, -0.2) is 19.6 Å². The summed E-state index contributed by atoms with van der Waals surface area (Å²) in [4.78, 5) is 10.7. The summed E-state index contributed by atoms with van der Waals surface area (Å²) >= 11 is 0. The van der Waals surface area contributed by atoms with E-state index in [2.05, 4.69) is 149 Å². The summed E-state index contributed by atoms with van der Waals surface area (Å²) in [5.41, 5.74) is 16.0. The molecule has 4 nitrogen and oxygen atoms in total. The van der Waals surface area contributed by atoms with Gasteiger partial charge in [0.05, 0.1) is 22.3 Å². The first kappa shape index (κ1) is 43.7. The van der Waals surface area contributed by atoms with Crippen LogP contribution in [0, 0.1) is 12.9 Å². The van der Waals surface area contributed by atoms with E-state index in [-0.39, 0.29) is 31.9 Å². The fourth-order valence-electron chi connectivity index (χ4n) is 10.7. The van der Waals surface area contributed by atoms with Gasteiger partial charge in [0, 0.05) is 42.6 Å². The van der Waals surface area contributed by atoms with Crippen molar-refractivity contribution in [2.45, 2.75) is 135 Å². The molecule has 5 heteroatoms. The average Bonchev–Trinajstić information content (AvgIpc) is 3.75. The van der Waals surface area contributed by atoms with Crippen LogP contribution in [0.25, 0.3) is 72.7 Å². The number of phenols is 1. The van der Waals surface area contributed by atoms with E-state index in [4.69, 9.17) is 14.1 Å². The van der Waals surface area contributed by atoms with Gasteiger partial charge < -0.3 is 5.11 Å². The van der Waals surface area contributed by atoms with Crippen molar-refractivity contribution in [2.24, 2.45) is 0 Å². The maximum atomic E-state index is 12.9. The number of hydrogen-bond acceptors (Lipinski definition) is 3. The fourth-order valence-corrected chi connectivity index (χ4v) is 10.7. The summed E-state index contributed by atoms with van der Waals surface area (Å²) in [7, 11) is 0. The monoisotopic (exact) mass is 1080 g/mol. The van der Waals surface area contributed by atoms with E-state index >= 15 is 0 Å². The molecule has 0 amide bonds. The van der Waals surface area contributed by atoms with Gasteiger partial charge >= 0.3 is 0 Å². The van der Waals surface area contributed by atoms with Gasteiger partial charge in [0.15, 0.2) is 0 Å². The minimum absolute atomic E-state index is 0. The van der Waals surface area contributed by atoms with E-state index < -0.39 is 6.85 Å². The van der Waals surface area contributed by atoms with Crippen LogP contribution in [0.4, 0.5) is 0 Å². The predicted octanol–water partition coefficient (Wildman–Crippen LogP) is 17.3. The van der Waals surface area contributed by atoms with Gasteiger partial charge in [-0.2, -0.15) is 0 Å². The zero-order chi connectivity index (χ0) is 49.0. The second kappa shape index (κ2) is 19.4. The molecule has 2 fully saturated rings. The second-order valence-electron chi connectivity index (χ2n) is 21.4. The molecule has 0 atom stereocenters. The summed E-state index contributed by atoms with van der Waals surface area (Å²) in [6, 6.07) is 48.2. The van der Waals surface area contributed by atoms with Crippen LogP contribution in [-0.2, 0) is 31.9 Å². The Morgan fingerprint density at radius 2 is 1.29 bits per heavy atom. The Balaban J connectivity index is 0.00000624. The molecule has 0 aliphatic heterocycles. The summed E-state index contributed by atoms with van der Waals surface area (Å²) < 4.78 is 26.0. The number of fused-ring (bicyclic) bond motifs is 1. The van der Waals surface area contributed by atoms with Crippen molar-refractivity contribution in [1.82, 2.24) is 14.5 Å². The minimum Gasteiger partial charge on any atom is -0.507 e. The maximum absolute atomic E-state index is 12.9. The van der Waals surface area contributed by atoms with Crippen molar-refractivity contribution in [3.63, 3.8) is 0 Å². The van der Waals surface area contributed by atoms with E-state index in [9.17, 15) is 5.11 Å². The van der Waals surface area contributed by atoms with Gasteiger partial charge in [0.25, 0.3) is 0 Å². The van der Waals surface area contributed by atoms with Gasteiger partial charge in [-0.05, 0) is 119 Å². The third-order valence-corrected chi connectivity index (χ3v) is 14.7. The molecule has 2 aromatic heterocycles. The summed E-state index contributed by atoms with van der Waals surface area (Å²) in [6.45, 7) is 11.3. The number of aromatic nitrogens is 3. The Labute approximate surface area is 423 Å². The number of benzene rings is 6. The summed E-state index contributed by atoms with van der Waals surface area (Å²) in [5.74, 6) is 1.86. The van der Waals surface area contributed by atoms with E-state index in [1.165, 1.54) is 49.7 Å². The predicted molar refractivity (Wildman–Crippen MR) is 280 cm³/mol. The molecule has 2 heterocycles. The number of phenolic OH excluding ortho intramolecular Hbond substituents is 1. The maximum Gasteiger partial charge on any atom is 0.148 e. The van der Waals surface area contributed by atoms with Crippen molar-refractivity contribution in [3.8, 4) is 67.5 Å². The van der Waals surface area contributed by atoms with Gasteiger partial charge in [-0.15, -0.1) is 29.3 Å². The largest absolute Gasteiger partial charge is 0.507 e. The molecule has 10 rings (SSSR count). The van der Waals surface area contributed by atoms with Crippen molar-refractivity contribution in [2.75, 3.05) is 0 Å². The Hall–Kier alpha value is -5.57. The molecule has 8 aromatic rings. The van der Waals surface area contributed by atoms with Crippen molar-refractivity contribution in [3.05, 3.63) is 167 Å². The van der Waals surface area contributed by atoms with Crippen LogP contribution in [0.2, 0.25) is 0 Å². The zero-order valence-corrected chi connectivity index (χ0v) is 42.8. The molecule has 2 aliphatic carbocycles. The Kier molecular flexibility index (Phi) is 12.5. The molecule has 0 unspecified atom stereocenters. The number of hydrogen-bond donors (Lipinski definition) is 1. The SMILES string of the molecule is [2H]C([2H])([2H])c1ccc(-c2ccnc(-c3[c-]c(-c4cccc5c4nc(-c4cc(C6CCCCC6)cc(C6CCCCC6)c4O)n5-c4ccc(C(C)(C)C)cc4-c4ccccc4)cc(C(C)(C)C)c3)c2)cc1.[Pt]. The summed E-state index contributed by atoms with van der Waals surface area (Å²) in [5, 5.41) is 12.9. The quantitative estimate of drug-likeness (QED) is 0.154. The van der Waals surface area contributed by atoms with Crippen molar-refractivity contribution < 1.29 is 30.3 Å². The molecule has 0 saturated heterocycles. The normalized spacial score (nSPS) is 15.9. The van der Waals surface area contributed by atoms with Crippen LogP contribution in [0.15, 0.2) is 134 Å². The second-order valence-corrected chi connectivity index (χ2v) is 21.4. The standard InChI is InChI=1S/C63H66N3O.Pt/c1-41-26-28-43(29-27-41)46-32-33-64-56(39-46)49-34-48(35-51(36-49)63(5,6)7)52-24-17-25-58-59(52)65-61(66(58)57-31-30-50(62(2,3)4)40-53(57)44-20-13-9-14-21-44)55-38-47(42-18-11-8-12-19-42)37-54(60(55)67)45-22-15-10-16-23-45;/h9,13-14,17,20-21,24-33,35-40,42,45,67H,8,10-12,15-16,18-19,22-23H2,1-7H3;/q-1;/i1D3;. The van der Waals surface area contributed by atoms with E-state index in [1.807, 2.05) is 24.4 Å². The average molecular weight is 1080 g/mol. The number of aromatic hydroxyl groups is 1. The van der Waals surface area contributed by atoms with E-state index in [1.54, 1.807) is 12.1 Å². The van der Waals surface area contributed by atoms with Gasteiger partial charge in [-0.3, -0.25) is 9.55 Å². The van der Waals surface area contributed by atoms with Gasteiger partial charge in [0.2, 0.25) is 0 Å². The third-order valence-electron chi connectivity index (χ3n) is 14.7. The Bertz CT molecular complexity index is 3180. The molecule has 0 bridgehead atoms. The zero-order valence-electron chi connectivity index (χ0n) is 43.5. The van der Waals surface area contributed by atoms with Crippen molar-refractivity contribution >= 4 is 11.0 Å². The number of imidazole rings is 1. The number of pyridine rings is 1. The molecule has 350 valence electrons. The van der Waals surface area contributed by atoms with Crippen LogP contribution < -0.4 is 0 Å². The Morgan fingerprint density at radius 3 is 1.99 bits per heavy atom. The van der Waals surface area contributed by atoms with Crippen molar-refractivity contribution in [1.29, 1.82) is 0 Å². The molecule has 0 radical (unpaired) electrons. The topological polar surface area (TPSA) is 50.9 Å². The number of nitrogens with zero attached hydrogens (tertiary/aromatic N) is 3. The smallest absolute Gasteiger partial charge is 0.148 e. The van der Waals surface area contributed by atoms with E-state index in [0.717, 1.165) is 110 Å². The summed E-state index contributed by atoms with van der Waals surface area (Å²) in [6.07, 6.45) is 13.7. The Morgan fingerprint density at radius 1 is 0.603 bits per heavy atom. The first-order chi connectivity index (χ1) is 33.5. The van der Waals surface area contributed by atoms with Gasteiger partial charge in [-0.25, -0.2) is 4.98 Å². The number of rotatable bonds is 8. The van der Waals surface area contributed by atoms with Crippen LogP contribution in [0.3, 0.4) is 0 Å². The molecular formula is C63H66N3OPt-.